The summed E-state index contributed by atoms with van der Waals surface area (Å²) in [5, 5.41) is 17.3. The van der Waals surface area contributed by atoms with Crippen LogP contribution in [0.15, 0.2) is 54.1 Å². The van der Waals surface area contributed by atoms with Gasteiger partial charge in [0.25, 0.3) is 0 Å². The van der Waals surface area contributed by atoms with E-state index in [1.54, 1.807) is 32.2 Å². The third kappa shape index (κ3) is 4.11. The molecular formula is C35H29ClFN5O6S. The minimum Gasteiger partial charge on any atom is -0.505 e. The van der Waals surface area contributed by atoms with Crippen LogP contribution in [0.1, 0.15) is 36.8 Å². The van der Waals surface area contributed by atoms with Gasteiger partial charge in [-0.2, -0.15) is 10.00 Å². The molecule has 6 atom stereocenters. The van der Waals surface area contributed by atoms with Crippen LogP contribution in [0.3, 0.4) is 0 Å². The Morgan fingerprint density at radius 1 is 1.10 bits per heavy atom. The van der Waals surface area contributed by atoms with Crippen molar-refractivity contribution in [1.82, 2.24) is 14.7 Å². The molecule has 11 nitrogen and oxygen atoms in total. The van der Waals surface area contributed by atoms with E-state index in [0.29, 0.717) is 21.2 Å². The maximum Gasteiger partial charge on any atom is 0.328 e. The molecule has 4 aliphatic rings. The Morgan fingerprint density at radius 3 is 2.59 bits per heavy atom. The molecule has 6 unspecified atom stereocenters. The van der Waals surface area contributed by atoms with Crippen LogP contribution < -0.4 is 10.6 Å². The summed E-state index contributed by atoms with van der Waals surface area (Å²) < 4.78 is 17.4. The van der Waals surface area contributed by atoms with E-state index in [0.717, 1.165) is 31.5 Å². The highest BCUT2D eigenvalue weighted by Crippen LogP contribution is 2.64. The van der Waals surface area contributed by atoms with Crippen molar-refractivity contribution < 1.29 is 33.5 Å². The first-order chi connectivity index (χ1) is 23.2. The normalized spacial score (nSPS) is 27.9. The fourth-order valence-corrected chi connectivity index (χ4v) is 10.1. The van der Waals surface area contributed by atoms with Crippen molar-refractivity contribution in [3.05, 3.63) is 76.1 Å². The molecule has 0 radical (unpaired) electrons. The molecule has 6 amide bonds. The number of allylic oxidation sites excluding steroid dienone is 2. The molecular weight excluding hydrogens is 673 g/mol. The first kappa shape index (κ1) is 31.4. The maximum atomic E-state index is 15.0. The van der Waals surface area contributed by atoms with Crippen molar-refractivity contribution in [2.24, 2.45) is 41.9 Å². The highest BCUT2D eigenvalue weighted by atomic mass is 35.5. The number of phenolic OH excluding ortho intramolecular Hbond substituents is 1. The average molecular weight is 702 g/mol. The molecule has 8 rings (SSSR count). The number of hydrogen-bond acceptors (Lipinski definition) is 8. The van der Waals surface area contributed by atoms with Crippen LogP contribution in [0.2, 0.25) is 5.02 Å². The number of benzene rings is 2. The molecule has 3 N–H and O–H groups in total. The number of imide groups is 4. The van der Waals surface area contributed by atoms with Crippen molar-refractivity contribution in [3.8, 4) is 16.3 Å². The molecule has 4 heterocycles. The van der Waals surface area contributed by atoms with Gasteiger partial charge >= 0.3 is 6.03 Å². The number of amides is 6. The number of rotatable bonds is 3. The summed E-state index contributed by atoms with van der Waals surface area (Å²) in [6, 6.07) is 10.1. The van der Waals surface area contributed by atoms with Gasteiger partial charge < -0.3 is 10.8 Å². The van der Waals surface area contributed by atoms with Gasteiger partial charge in [-0.25, -0.2) is 14.1 Å². The van der Waals surface area contributed by atoms with E-state index < -0.39 is 76.2 Å². The molecule has 250 valence electrons. The lowest BCUT2D eigenvalue weighted by Gasteiger charge is -2.49. The number of likely N-dealkylation sites (tertiary alicyclic amines) is 1. The molecule has 1 saturated carbocycles. The zero-order chi connectivity index (χ0) is 34.8. The Balaban J connectivity index is 1.27. The molecule has 2 aliphatic carbocycles. The number of aromatic nitrogens is 2. The fourth-order valence-electron chi connectivity index (χ4n) is 8.78. The SMILES string of the molecule is Cc1c(-c2cc(N3C(=O)C4CC5C(=CCC6C(=O)N(C(N)=O)C(=O)C65)C(c5cccc(F)c5O)C4(C)C3=O)n(C)n2)sc2ccc(Cl)cc12. The Hall–Kier alpha value is -4.88. The van der Waals surface area contributed by atoms with Gasteiger partial charge in [0.05, 0.1) is 28.0 Å². The van der Waals surface area contributed by atoms with E-state index >= 15 is 0 Å². The Labute approximate surface area is 287 Å². The van der Waals surface area contributed by atoms with E-state index in [2.05, 4.69) is 0 Å². The molecule has 14 heteroatoms. The molecule has 2 aliphatic heterocycles. The average Bonchev–Trinajstić information content (AvgIpc) is 3.72. The lowest BCUT2D eigenvalue weighted by molar-refractivity contribution is -0.136. The van der Waals surface area contributed by atoms with Gasteiger partial charge in [-0.05, 0) is 67.8 Å². The predicted molar refractivity (Wildman–Crippen MR) is 178 cm³/mol. The largest absolute Gasteiger partial charge is 0.505 e. The highest BCUT2D eigenvalue weighted by Gasteiger charge is 2.68. The number of hydrogen-bond donors (Lipinski definition) is 2. The van der Waals surface area contributed by atoms with E-state index in [1.165, 1.54) is 28.2 Å². The Bertz CT molecular complexity index is 2250. The van der Waals surface area contributed by atoms with Crippen molar-refractivity contribution in [3.63, 3.8) is 0 Å². The molecule has 0 bridgehead atoms. The van der Waals surface area contributed by atoms with Gasteiger partial charge in [-0.3, -0.25) is 23.9 Å². The standard InChI is InChI=1S/C35H29ClFN5O6S/c1-14-19-11-15(36)7-10-24(19)49-29(14)23-13-25(40(3)39-23)41-31(45)21-12-20-16(8-9-17-26(20)32(46)42(30(17)44)34(38)48)27(35(21,2)33(41)47)18-5-4-6-22(37)28(18)43/h4-8,10-11,13,17,20-21,26-27,43H,9,12H2,1-3H3,(H2,38,48). The number of phenols is 1. The monoisotopic (exact) mass is 701 g/mol. The number of para-hydroxylation sites is 1. The minimum atomic E-state index is -1.53. The number of primary amides is 1. The smallest absolute Gasteiger partial charge is 0.328 e. The van der Waals surface area contributed by atoms with Crippen LogP contribution in [-0.2, 0) is 26.2 Å². The fraction of sp³-hybridized carbons (Fsp3) is 0.314. The van der Waals surface area contributed by atoms with Crippen LogP contribution in [0.5, 0.6) is 5.75 Å². The number of carbonyl (C=O) groups is 5. The lowest BCUT2D eigenvalue weighted by Crippen LogP contribution is -2.49. The first-order valence-corrected chi connectivity index (χ1v) is 16.9. The van der Waals surface area contributed by atoms with Gasteiger partial charge in [-0.15, -0.1) is 11.3 Å². The zero-order valence-electron chi connectivity index (χ0n) is 26.4. The molecule has 2 aromatic carbocycles. The number of thiophene rings is 1. The topological polar surface area (TPSA) is 156 Å². The number of urea groups is 1. The Morgan fingerprint density at radius 2 is 1.86 bits per heavy atom. The molecule has 2 saturated heterocycles. The number of nitrogens with zero attached hydrogens (tertiary/aromatic N) is 4. The van der Waals surface area contributed by atoms with E-state index in [9.17, 15) is 33.5 Å². The summed E-state index contributed by atoms with van der Waals surface area (Å²) in [4.78, 5) is 70.7. The van der Waals surface area contributed by atoms with E-state index in [1.807, 2.05) is 19.1 Å². The van der Waals surface area contributed by atoms with Gasteiger partial charge in [0.1, 0.15) is 11.5 Å². The number of carbonyl (C=O) groups excluding carboxylic acids is 5. The van der Waals surface area contributed by atoms with E-state index in [-0.39, 0.29) is 24.2 Å². The molecule has 4 aromatic rings. The van der Waals surface area contributed by atoms with Crippen LogP contribution in [0, 0.1) is 41.8 Å². The van der Waals surface area contributed by atoms with Crippen molar-refractivity contribution >= 4 is 68.5 Å². The van der Waals surface area contributed by atoms with Gasteiger partial charge in [0.15, 0.2) is 11.6 Å². The second-order valence-corrected chi connectivity index (χ2v) is 14.9. The maximum absolute atomic E-state index is 15.0. The number of anilines is 1. The van der Waals surface area contributed by atoms with Crippen molar-refractivity contribution in [2.45, 2.75) is 32.6 Å². The second kappa shape index (κ2) is 10.6. The number of aryl methyl sites for hydroxylation is 2. The van der Waals surface area contributed by atoms with Crippen molar-refractivity contribution in [1.29, 1.82) is 0 Å². The highest BCUT2D eigenvalue weighted by molar-refractivity contribution is 7.22. The number of nitrogens with two attached hydrogens (primary N) is 1. The number of aromatic hydroxyl groups is 1. The van der Waals surface area contributed by atoms with Gasteiger partial charge in [0.2, 0.25) is 23.6 Å². The van der Waals surface area contributed by atoms with Gasteiger partial charge in [-0.1, -0.05) is 35.4 Å². The van der Waals surface area contributed by atoms with Gasteiger partial charge in [0, 0.05) is 34.3 Å². The molecule has 3 fully saturated rings. The summed E-state index contributed by atoms with van der Waals surface area (Å²) in [7, 11) is 1.63. The van der Waals surface area contributed by atoms with Crippen LogP contribution in [-0.4, -0.2) is 49.4 Å². The Kier molecular flexibility index (Phi) is 6.76. The molecule has 0 spiro atoms. The quantitative estimate of drug-likeness (QED) is 0.214. The summed E-state index contributed by atoms with van der Waals surface area (Å²) in [6.07, 6.45) is 1.80. The van der Waals surface area contributed by atoms with Crippen LogP contribution >= 0.6 is 22.9 Å². The first-order valence-electron chi connectivity index (χ1n) is 15.7. The van der Waals surface area contributed by atoms with Crippen molar-refractivity contribution in [2.75, 3.05) is 4.90 Å². The molecule has 49 heavy (non-hydrogen) atoms. The second-order valence-electron chi connectivity index (χ2n) is 13.4. The summed E-state index contributed by atoms with van der Waals surface area (Å²) >= 11 is 7.76. The number of fused-ring (bicyclic) bond motifs is 5. The summed E-state index contributed by atoms with van der Waals surface area (Å²) in [5.74, 6) is -8.72. The molecule has 2 aromatic heterocycles. The summed E-state index contributed by atoms with van der Waals surface area (Å²) in [6.45, 7) is 3.58. The van der Waals surface area contributed by atoms with E-state index in [4.69, 9.17) is 22.4 Å². The van der Waals surface area contributed by atoms with Crippen LogP contribution in [0.4, 0.5) is 15.0 Å². The minimum absolute atomic E-state index is 0.00363. The summed E-state index contributed by atoms with van der Waals surface area (Å²) in [5.41, 5.74) is 5.99. The number of halogens is 2. The third-order valence-corrected chi connectivity index (χ3v) is 12.6. The van der Waals surface area contributed by atoms with Crippen LogP contribution in [0.25, 0.3) is 20.7 Å². The zero-order valence-corrected chi connectivity index (χ0v) is 28.0. The third-order valence-electron chi connectivity index (χ3n) is 11.0. The predicted octanol–water partition coefficient (Wildman–Crippen LogP) is 5.42. The lowest BCUT2D eigenvalue weighted by atomic mass is 9.51.